The molecule has 0 spiro atoms. The predicted octanol–water partition coefficient (Wildman–Crippen LogP) is -0.815. The average Bonchev–Trinajstić information content (AvgIpc) is 1.63. The first-order chi connectivity index (χ1) is 4.04. The van der Waals surface area contributed by atoms with Crippen molar-refractivity contribution in [1.29, 1.82) is 5.41 Å². The van der Waals surface area contributed by atoms with E-state index in [2.05, 4.69) is 0 Å². The van der Waals surface area contributed by atoms with Crippen molar-refractivity contribution in [1.82, 2.24) is 0 Å². The van der Waals surface area contributed by atoms with Crippen LogP contribution in [0, 0.1) is 5.41 Å². The van der Waals surface area contributed by atoms with E-state index in [-0.39, 0.29) is 29.6 Å². The van der Waals surface area contributed by atoms with Crippen LogP contribution in [0.15, 0.2) is 0 Å². The van der Waals surface area contributed by atoms with E-state index in [1.54, 1.807) is 0 Å². The summed E-state index contributed by atoms with van der Waals surface area (Å²) in [6, 6.07) is 0. The molecule has 3 N–H and O–H groups in total. The molecule has 0 saturated heterocycles. The van der Waals surface area contributed by atoms with Crippen molar-refractivity contribution in [3.05, 3.63) is 0 Å². The van der Waals surface area contributed by atoms with Gasteiger partial charge in [-0.15, -0.1) is 0 Å². The predicted molar refractivity (Wildman–Crippen MR) is 33.4 cm³/mol. The molecule has 51 valence electrons. The molecule has 0 heterocycles. The van der Waals surface area contributed by atoms with Crippen LogP contribution in [0.5, 0.6) is 0 Å². The molecular weight excluding hydrogens is 149 g/mol. The first-order valence-electron chi connectivity index (χ1n) is 2.06. The molecule has 0 aliphatic heterocycles. The minimum absolute atomic E-state index is 0. The molecule has 6 heteroatoms. The number of nitrogens with one attached hydrogen (secondary N) is 1. The average molecular weight is 154 g/mol. The summed E-state index contributed by atoms with van der Waals surface area (Å²) in [5.41, 5.74) is -0.803. The Balaban J connectivity index is 0. The smallest absolute Gasteiger partial charge is 0.350 e. The Morgan fingerprint density at radius 1 is 1.30 bits per heavy atom. The third-order valence-corrected chi connectivity index (χ3v) is 0.586. The number of carboxylic acids is 2. The monoisotopic (exact) mass is 154 g/mol. The molecule has 0 aliphatic rings. The van der Waals surface area contributed by atoms with E-state index < -0.39 is 24.1 Å². The van der Waals surface area contributed by atoms with E-state index in [0.29, 0.717) is 0 Å². The summed E-state index contributed by atoms with van der Waals surface area (Å²) in [6.45, 7) is 0. The van der Waals surface area contributed by atoms with Gasteiger partial charge in [0.1, 0.15) is 5.71 Å². The molecule has 10 heavy (non-hydrogen) atoms. The molecule has 0 fully saturated rings. The van der Waals surface area contributed by atoms with Crippen molar-refractivity contribution in [3.63, 3.8) is 0 Å². The number of aliphatic carboxylic acids is 2. The summed E-state index contributed by atoms with van der Waals surface area (Å²) in [6.07, 6.45) is -0.727. The van der Waals surface area contributed by atoms with Gasteiger partial charge in [-0.25, -0.2) is 4.79 Å². The van der Waals surface area contributed by atoms with Gasteiger partial charge >= 0.3 is 11.9 Å². The van der Waals surface area contributed by atoms with Crippen molar-refractivity contribution >= 4 is 47.2 Å². The summed E-state index contributed by atoms with van der Waals surface area (Å²) in [5.74, 6) is -2.79. The van der Waals surface area contributed by atoms with Crippen molar-refractivity contribution in [2.24, 2.45) is 0 Å². The molecule has 0 aliphatic carbocycles. The molecule has 0 atom stereocenters. The van der Waals surface area contributed by atoms with Gasteiger partial charge in [0, 0.05) is 29.6 Å². The Kier molecular flexibility index (Phi) is 6.64. The minimum atomic E-state index is -1.49. The fourth-order valence-corrected chi connectivity index (χ4v) is 0.227. The van der Waals surface area contributed by atoms with Gasteiger partial charge in [0.2, 0.25) is 0 Å². The molecule has 0 aromatic carbocycles. The second kappa shape index (κ2) is 5.40. The number of rotatable bonds is 3. The van der Waals surface area contributed by atoms with E-state index in [1.165, 1.54) is 0 Å². The summed E-state index contributed by atoms with van der Waals surface area (Å²) < 4.78 is 0. The van der Waals surface area contributed by atoms with E-state index >= 15 is 0 Å². The van der Waals surface area contributed by atoms with Gasteiger partial charge in [-0.2, -0.15) is 0 Å². The molecule has 0 aromatic heterocycles. The van der Waals surface area contributed by atoms with Crippen molar-refractivity contribution in [2.45, 2.75) is 6.42 Å². The van der Waals surface area contributed by atoms with Crippen molar-refractivity contribution < 1.29 is 19.8 Å². The third kappa shape index (κ3) is 5.74. The van der Waals surface area contributed by atoms with Crippen LogP contribution in [-0.4, -0.2) is 57.4 Å². The van der Waals surface area contributed by atoms with Crippen LogP contribution in [-0.2, 0) is 9.59 Å². The van der Waals surface area contributed by atoms with Gasteiger partial charge in [0.25, 0.3) is 0 Å². The van der Waals surface area contributed by atoms with Gasteiger partial charge in [-0.05, 0) is 0 Å². The molecule has 0 amide bonds. The van der Waals surface area contributed by atoms with E-state index in [1.807, 2.05) is 0 Å². The second-order valence-electron chi connectivity index (χ2n) is 1.35. The summed E-state index contributed by atoms with van der Waals surface area (Å²) in [4.78, 5) is 19.5. The molecule has 5 nitrogen and oxygen atoms in total. The summed E-state index contributed by atoms with van der Waals surface area (Å²) in [5, 5.41) is 22.4. The van der Waals surface area contributed by atoms with Crippen LogP contribution in [0.4, 0.5) is 0 Å². The standard InChI is InChI=1S/C4H5NO4.Na/c5-2(4(8)9)1-3(6)7;/h5H,1H2,(H,6,7)(H,8,9);. The molecule has 0 unspecified atom stereocenters. The third-order valence-electron chi connectivity index (χ3n) is 0.586. The molecular formula is C4H5NNaO4. The van der Waals surface area contributed by atoms with Gasteiger partial charge in [0.05, 0.1) is 6.42 Å². The summed E-state index contributed by atoms with van der Waals surface area (Å²) >= 11 is 0. The van der Waals surface area contributed by atoms with Crippen LogP contribution < -0.4 is 0 Å². The van der Waals surface area contributed by atoms with Crippen LogP contribution in [0.25, 0.3) is 0 Å². The Morgan fingerprint density at radius 3 is 1.80 bits per heavy atom. The Labute approximate surface area is 78.8 Å². The zero-order chi connectivity index (χ0) is 7.44. The van der Waals surface area contributed by atoms with E-state index in [9.17, 15) is 9.59 Å². The van der Waals surface area contributed by atoms with Crippen molar-refractivity contribution in [2.75, 3.05) is 0 Å². The molecule has 0 aromatic rings. The van der Waals surface area contributed by atoms with Gasteiger partial charge in [-0.1, -0.05) is 0 Å². The Morgan fingerprint density at radius 2 is 1.70 bits per heavy atom. The van der Waals surface area contributed by atoms with Crippen LogP contribution in [0.3, 0.4) is 0 Å². The maximum atomic E-state index is 9.75. The van der Waals surface area contributed by atoms with Gasteiger partial charge in [0.15, 0.2) is 0 Å². The quantitative estimate of drug-likeness (QED) is 0.365. The molecule has 1 radical (unpaired) electrons. The van der Waals surface area contributed by atoms with Gasteiger partial charge in [-0.3, -0.25) is 10.2 Å². The van der Waals surface area contributed by atoms with Crippen LogP contribution in [0.1, 0.15) is 6.42 Å². The van der Waals surface area contributed by atoms with Crippen LogP contribution >= 0.6 is 0 Å². The molecule has 0 saturated carbocycles. The summed E-state index contributed by atoms with van der Waals surface area (Å²) in [7, 11) is 0. The molecule has 0 rings (SSSR count). The fourth-order valence-electron chi connectivity index (χ4n) is 0.227. The topological polar surface area (TPSA) is 98.5 Å². The Hall–Kier alpha value is -0.390. The number of carboxylic acid groups (broad SMARTS) is 2. The largest absolute Gasteiger partial charge is 0.481 e. The van der Waals surface area contributed by atoms with Crippen molar-refractivity contribution in [3.8, 4) is 0 Å². The zero-order valence-electron chi connectivity index (χ0n) is 5.42. The maximum Gasteiger partial charge on any atom is 0.350 e. The minimum Gasteiger partial charge on any atom is -0.481 e. The number of hydrogen-bond donors (Lipinski definition) is 3. The SMILES string of the molecule is N=C(CC(=O)O)C(=O)O.[Na]. The van der Waals surface area contributed by atoms with E-state index in [4.69, 9.17) is 15.6 Å². The fraction of sp³-hybridized carbons (Fsp3) is 0.250. The van der Waals surface area contributed by atoms with E-state index in [0.717, 1.165) is 0 Å². The Bertz CT molecular complexity index is 167. The number of hydrogen-bond acceptors (Lipinski definition) is 3. The van der Waals surface area contributed by atoms with Crippen LogP contribution in [0.2, 0.25) is 0 Å². The normalized spacial score (nSPS) is 7.60. The second-order valence-corrected chi connectivity index (χ2v) is 1.35. The zero-order valence-corrected chi connectivity index (χ0v) is 7.42. The number of carbonyl (C=O) groups is 2. The maximum absolute atomic E-state index is 9.75. The molecule has 0 bridgehead atoms. The first-order valence-corrected chi connectivity index (χ1v) is 2.06. The first kappa shape index (κ1) is 12.3. The van der Waals surface area contributed by atoms with Gasteiger partial charge < -0.3 is 10.2 Å².